The summed E-state index contributed by atoms with van der Waals surface area (Å²) in [6.07, 6.45) is 0.00486. The zero-order valence-corrected chi connectivity index (χ0v) is 15.4. The van der Waals surface area contributed by atoms with Gasteiger partial charge in [0, 0.05) is 36.8 Å². The number of halogens is 1. The molecule has 3 rings (SSSR count). The summed E-state index contributed by atoms with van der Waals surface area (Å²) in [4.78, 5) is 14.1. The molecule has 5 heteroatoms. The number of rotatable bonds is 6. The minimum Gasteiger partial charge on any atom is -0.378 e. The van der Waals surface area contributed by atoms with Gasteiger partial charge in [-0.2, -0.15) is 0 Å². The van der Waals surface area contributed by atoms with Crippen molar-refractivity contribution in [1.29, 1.82) is 0 Å². The highest BCUT2D eigenvalue weighted by Gasteiger charge is 2.08. The van der Waals surface area contributed by atoms with Crippen molar-refractivity contribution in [2.75, 3.05) is 29.6 Å². The van der Waals surface area contributed by atoms with Gasteiger partial charge in [0.1, 0.15) is 5.82 Å². The second-order valence-corrected chi connectivity index (χ2v) is 6.46. The molecule has 27 heavy (non-hydrogen) atoms. The topological polar surface area (TPSA) is 44.4 Å². The van der Waals surface area contributed by atoms with Gasteiger partial charge < -0.3 is 15.5 Å². The molecule has 0 spiro atoms. The van der Waals surface area contributed by atoms with E-state index in [1.54, 1.807) is 18.2 Å². The third-order valence-electron chi connectivity index (χ3n) is 4.15. The number of nitrogens with one attached hydrogen (secondary N) is 2. The van der Waals surface area contributed by atoms with Gasteiger partial charge in [-0.05, 0) is 60.2 Å². The van der Waals surface area contributed by atoms with E-state index in [0.717, 1.165) is 17.1 Å². The lowest BCUT2D eigenvalue weighted by atomic mass is 10.1. The van der Waals surface area contributed by atoms with E-state index < -0.39 is 0 Å². The molecule has 0 heterocycles. The molecule has 138 valence electrons. The lowest BCUT2D eigenvalue weighted by Crippen LogP contribution is -2.15. The molecule has 0 aliphatic heterocycles. The van der Waals surface area contributed by atoms with Crippen LogP contribution in [0.1, 0.15) is 5.56 Å². The van der Waals surface area contributed by atoms with Gasteiger partial charge in [-0.15, -0.1) is 0 Å². The highest BCUT2D eigenvalue weighted by atomic mass is 19.1. The van der Waals surface area contributed by atoms with E-state index >= 15 is 0 Å². The Morgan fingerprint density at radius 1 is 0.852 bits per heavy atom. The van der Waals surface area contributed by atoms with Gasteiger partial charge in [0.2, 0.25) is 5.91 Å². The normalized spacial score (nSPS) is 10.3. The number of carbonyl (C=O) groups is 1. The van der Waals surface area contributed by atoms with E-state index in [1.165, 1.54) is 6.07 Å². The molecule has 0 atom stereocenters. The Hall–Kier alpha value is -3.34. The number of anilines is 4. The van der Waals surface area contributed by atoms with Crippen molar-refractivity contribution in [2.24, 2.45) is 0 Å². The van der Waals surface area contributed by atoms with Gasteiger partial charge in [0.05, 0.1) is 6.42 Å². The average Bonchev–Trinajstić information content (AvgIpc) is 2.66. The van der Waals surface area contributed by atoms with Gasteiger partial charge in [0.15, 0.2) is 0 Å². The Kier molecular flexibility index (Phi) is 5.71. The van der Waals surface area contributed by atoms with E-state index in [1.807, 2.05) is 67.5 Å². The molecular weight excluding hydrogens is 341 g/mol. The minimum absolute atomic E-state index is 0.00486. The van der Waals surface area contributed by atoms with E-state index in [2.05, 4.69) is 10.6 Å². The molecule has 3 aromatic carbocycles. The first kappa shape index (κ1) is 18.5. The number of hydrogen-bond acceptors (Lipinski definition) is 3. The zero-order chi connectivity index (χ0) is 19.2. The third-order valence-corrected chi connectivity index (χ3v) is 4.15. The fourth-order valence-electron chi connectivity index (χ4n) is 2.67. The molecule has 3 aromatic rings. The van der Waals surface area contributed by atoms with Crippen molar-refractivity contribution in [3.63, 3.8) is 0 Å². The first-order valence-corrected chi connectivity index (χ1v) is 8.69. The molecule has 0 saturated heterocycles. The van der Waals surface area contributed by atoms with Crippen LogP contribution in [0, 0.1) is 5.82 Å². The van der Waals surface area contributed by atoms with Crippen LogP contribution in [0.2, 0.25) is 0 Å². The molecule has 0 bridgehead atoms. The molecule has 0 unspecified atom stereocenters. The summed E-state index contributed by atoms with van der Waals surface area (Å²) in [5, 5.41) is 6.11. The van der Waals surface area contributed by atoms with E-state index in [4.69, 9.17) is 0 Å². The first-order valence-electron chi connectivity index (χ1n) is 8.69. The summed E-state index contributed by atoms with van der Waals surface area (Å²) < 4.78 is 13.6. The van der Waals surface area contributed by atoms with Crippen molar-refractivity contribution in [3.8, 4) is 0 Å². The van der Waals surface area contributed by atoms with Gasteiger partial charge in [-0.3, -0.25) is 4.79 Å². The van der Waals surface area contributed by atoms with Gasteiger partial charge in [-0.1, -0.05) is 18.2 Å². The summed E-state index contributed by atoms with van der Waals surface area (Å²) in [6.45, 7) is 0. The monoisotopic (exact) mass is 363 g/mol. The quantitative estimate of drug-likeness (QED) is 0.660. The predicted octanol–water partition coefficient (Wildman–Crippen LogP) is 4.82. The Labute approximate surface area is 158 Å². The number of hydrogen-bond donors (Lipinski definition) is 2. The largest absolute Gasteiger partial charge is 0.378 e. The SMILES string of the molecule is CN(C)c1ccc(Nc2ccc(NC(=O)Cc3ccccc3F)cc2)cc1. The average molecular weight is 363 g/mol. The maximum Gasteiger partial charge on any atom is 0.228 e. The Morgan fingerprint density at radius 3 is 2.00 bits per heavy atom. The van der Waals surface area contributed by atoms with Crippen LogP contribution < -0.4 is 15.5 Å². The van der Waals surface area contributed by atoms with Crippen LogP contribution in [0.3, 0.4) is 0 Å². The maximum atomic E-state index is 13.6. The molecule has 2 N–H and O–H groups in total. The summed E-state index contributed by atoms with van der Waals surface area (Å²) in [7, 11) is 4.00. The maximum absolute atomic E-state index is 13.6. The van der Waals surface area contributed by atoms with Crippen molar-refractivity contribution < 1.29 is 9.18 Å². The van der Waals surface area contributed by atoms with Crippen molar-refractivity contribution in [1.82, 2.24) is 0 Å². The lowest BCUT2D eigenvalue weighted by Gasteiger charge is -2.13. The fourth-order valence-corrected chi connectivity index (χ4v) is 2.67. The standard InChI is InChI=1S/C22H22FN3O/c1-26(2)20-13-11-18(12-14-20)24-17-7-9-19(10-8-17)25-22(27)15-16-5-3-4-6-21(16)23/h3-14,24H,15H2,1-2H3,(H,25,27). The van der Waals surface area contributed by atoms with Crippen LogP contribution in [0.25, 0.3) is 0 Å². The number of carbonyl (C=O) groups excluding carboxylic acids is 1. The number of benzene rings is 3. The molecule has 4 nitrogen and oxygen atoms in total. The van der Waals surface area contributed by atoms with Crippen LogP contribution in [-0.2, 0) is 11.2 Å². The molecule has 0 aliphatic carbocycles. The number of amides is 1. The number of nitrogens with zero attached hydrogens (tertiary/aromatic N) is 1. The summed E-state index contributed by atoms with van der Waals surface area (Å²) in [5.74, 6) is -0.618. The molecule has 0 aromatic heterocycles. The van der Waals surface area contributed by atoms with E-state index in [-0.39, 0.29) is 18.1 Å². The predicted molar refractivity (Wildman–Crippen MR) is 109 cm³/mol. The van der Waals surface area contributed by atoms with Crippen LogP contribution in [0.4, 0.5) is 27.1 Å². The van der Waals surface area contributed by atoms with E-state index in [9.17, 15) is 9.18 Å². The molecular formula is C22H22FN3O. The van der Waals surface area contributed by atoms with Crippen molar-refractivity contribution in [2.45, 2.75) is 6.42 Å². The Morgan fingerprint density at radius 2 is 1.41 bits per heavy atom. The van der Waals surface area contributed by atoms with E-state index in [0.29, 0.717) is 11.3 Å². The second-order valence-electron chi connectivity index (χ2n) is 6.46. The fraction of sp³-hybridized carbons (Fsp3) is 0.136. The van der Waals surface area contributed by atoms with Crippen LogP contribution in [-0.4, -0.2) is 20.0 Å². The first-order chi connectivity index (χ1) is 13.0. The molecule has 0 radical (unpaired) electrons. The Balaban J connectivity index is 1.58. The van der Waals surface area contributed by atoms with Crippen molar-refractivity contribution in [3.05, 3.63) is 84.2 Å². The molecule has 0 saturated carbocycles. The van der Waals surface area contributed by atoms with Crippen LogP contribution in [0.15, 0.2) is 72.8 Å². The molecule has 0 fully saturated rings. The van der Waals surface area contributed by atoms with Gasteiger partial charge >= 0.3 is 0 Å². The third kappa shape index (κ3) is 5.07. The summed E-state index contributed by atoms with van der Waals surface area (Å²) >= 11 is 0. The zero-order valence-electron chi connectivity index (χ0n) is 15.4. The van der Waals surface area contributed by atoms with Crippen LogP contribution in [0.5, 0.6) is 0 Å². The lowest BCUT2D eigenvalue weighted by molar-refractivity contribution is -0.115. The van der Waals surface area contributed by atoms with Gasteiger partial charge in [0.25, 0.3) is 0 Å². The van der Waals surface area contributed by atoms with Crippen LogP contribution >= 0.6 is 0 Å². The smallest absolute Gasteiger partial charge is 0.228 e. The van der Waals surface area contributed by atoms with Gasteiger partial charge in [-0.25, -0.2) is 4.39 Å². The minimum atomic E-state index is -0.368. The molecule has 0 aliphatic rings. The Bertz CT molecular complexity index is 906. The summed E-state index contributed by atoms with van der Waals surface area (Å²) in [5.41, 5.74) is 4.09. The highest BCUT2D eigenvalue weighted by Crippen LogP contribution is 2.21. The van der Waals surface area contributed by atoms with Crippen molar-refractivity contribution >= 4 is 28.7 Å². The molecule has 1 amide bonds. The highest BCUT2D eigenvalue weighted by molar-refractivity contribution is 5.92. The summed E-state index contributed by atoms with van der Waals surface area (Å²) in [6, 6.07) is 21.8. The second kappa shape index (κ2) is 8.36.